The molecule has 0 radical (unpaired) electrons. The lowest BCUT2D eigenvalue weighted by Gasteiger charge is -1.94. The second kappa shape index (κ2) is 3.91. The fraction of sp³-hybridized carbons (Fsp3) is 0.400. The Balaban J connectivity index is 3.86. The molecule has 4 nitrogen and oxygen atoms in total. The van der Waals surface area contributed by atoms with Crippen LogP contribution in [0.15, 0.2) is 11.8 Å². The number of nitrogens with one attached hydrogen (secondary N) is 1. The number of carbonyl (C=O) groups excluding carboxylic acids is 1. The standard InChI is InChI=1S/C5H10N2O2/c1-2-3-4(6)5(8)7-9/h3,9H,2,6H2,1H3,(H,7,8)/b4-3-. The van der Waals surface area contributed by atoms with Gasteiger partial charge in [0.1, 0.15) is 0 Å². The number of amides is 1. The fourth-order valence-corrected chi connectivity index (χ4v) is 0.377. The summed E-state index contributed by atoms with van der Waals surface area (Å²) in [5, 5.41) is 8.01. The molecule has 0 saturated heterocycles. The zero-order valence-electron chi connectivity index (χ0n) is 5.22. The second-order valence-electron chi connectivity index (χ2n) is 1.51. The molecule has 0 aliphatic heterocycles. The third kappa shape index (κ3) is 2.71. The average molecular weight is 130 g/mol. The topological polar surface area (TPSA) is 75.4 Å². The van der Waals surface area contributed by atoms with Crippen molar-refractivity contribution < 1.29 is 10.0 Å². The van der Waals surface area contributed by atoms with Crippen molar-refractivity contribution in [3.05, 3.63) is 11.8 Å². The van der Waals surface area contributed by atoms with E-state index in [2.05, 4.69) is 0 Å². The van der Waals surface area contributed by atoms with Gasteiger partial charge in [-0.05, 0) is 6.42 Å². The highest BCUT2D eigenvalue weighted by Gasteiger charge is 1.99. The van der Waals surface area contributed by atoms with Gasteiger partial charge in [-0.1, -0.05) is 13.0 Å². The van der Waals surface area contributed by atoms with Crippen LogP contribution in [0.5, 0.6) is 0 Å². The molecule has 1 amide bonds. The predicted molar refractivity (Wildman–Crippen MR) is 32.5 cm³/mol. The highest BCUT2D eigenvalue weighted by molar-refractivity contribution is 5.91. The van der Waals surface area contributed by atoms with Gasteiger partial charge in [0.2, 0.25) is 0 Å². The highest BCUT2D eigenvalue weighted by Crippen LogP contribution is 1.85. The van der Waals surface area contributed by atoms with Gasteiger partial charge in [-0.25, -0.2) is 5.48 Å². The van der Waals surface area contributed by atoms with Crippen LogP contribution in [0.4, 0.5) is 0 Å². The van der Waals surface area contributed by atoms with E-state index in [1.165, 1.54) is 11.6 Å². The summed E-state index contributed by atoms with van der Waals surface area (Å²) in [5.74, 6) is -0.656. The van der Waals surface area contributed by atoms with Gasteiger partial charge >= 0.3 is 0 Å². The summed E-state index contributed by atoms with van der Waals surface area (Å²) in [7, 11) is 0. The molecule has 0 atom stereocenters. The Bertz CT molecular complexity index is 131. The lowest BCUT2D eigenvalue weighted by molar-refractivity contribution is -0.125. The Morgan fingerprint density at radius 3 is 2.78 bits per heavy atom. The van der Waals surface area contributed by atoms with Crippen LogP contribution in [0.3, 0.4) is 0 Å². The number of nitrogens with two attached hydrogens (primary N) is 1. The number of hydrogen-bond acceptors (Lipinski definition) is 3. The first-order valence-corrected chi connectivity index (χ1v) is 2.62. The van der Waals surface area contributed by atoms with Crippen molar-refractivity contribution in [3.63, 3.8) is 0 Å². The predicted octanol–water partition coefficient (Wildman–Crippen LogP) is -0.256. The van der Waals surface area contributed by atoms with E-state index in [0.29, 0.717) is 6.42 Å². The van der Waals surface area contributed by atoms with Gasteiger partial charge in [-0.3, -0.25) is 10.0 Å². The highest BCUT2D eigenvalue weighted by atomic mass is 16.5. The molecule has 0 aromatic heterocycles. The molecule has 0 aromatic carbocycles. The molecule has 4 N–H and O–H groups in total. The Labute approximate surface area is 53.3 Å². The molecule has 0 fully saturated rings. The van der Waals surface area contributed by atoms with Gasteiger partial charge < -0.3 is 5.73 Å². The van der Waals surface area contributed by atoms with Crippen LogP contribution >= 0.6 is 0 Å². The number of allylic oxidation sites excluding steroid dienone is 1. The SMILES string of the molecule is CC/C=C(\N)C(=O)NO. The molecule has 0 aromatic rings. The summed E-state index contributed by atoms with van der Waals surface area (Å²) in [6.07, 6.45) is 2.20. The lowest BCUT2D eigenvalue weighted by atomic mass is 10.3. The van der Waals surface area contributed by atoms with E-state index in [1.54, 1.807) is 0 Å². The number of carbonyl (C=O) groups is 1. The van der Waals surface area contributed by atoms with Crippen LogP contribution in [0.25, 0.3) is 0 Å². The van der Waals surface area contributed by atoms with E-state index in [-0.39, 0.29) is 5.70 Å². The number of rotatable bonds is 2. The second-order valence-corrected chi connectivity index (χ2v) is 1.51. The van der Waals surface area contributed by atoms with Crippen LogP contribution in [-0.2, 0) is 4.79 Å². The minimum absolute atomic E-state index is 0.0417. The largest absolute Gasteiger partial charge is 0.394 e. The summed E-state index contributed by atoms with van der Waals surface area (Å²) in [6.45, 7) is 1.84. The van der Waals surface area contributed by atoms with Gasteiger partial charge in [-0.2, -0.15) is 0 Å². The maximum atomic E-state index is 10.3. The zero-order valence-corrected chi connectivity index (χ0v) is 5.22. The fourth-order valence-electron chi connectivity index (χ4n) is 0.377. The van der Waals surface area contributed by atoms with Gasteiger partial charge in [0.15, 0.2) is 0 Å². The Hall–Kier alpha value is -1.03. The van der Waals surface area contributed by atoms with E-state index in [1.807, 2.05) is 6.92 Å². The number of hydrogen-bond donors (Lipinski definition) is 3. The maximum Gasteiger partial charge on any atom is 0.290 e. The summed E-state index contributed by atoms with van der Waals surface area (Å²) in [6, 6.07) is 0. The molecule has 0 aliphatic carbocycles. The van der Waals surface area contributed by atoms with Crippen molar-refractivity contribution in [2.45, 2.75) is 13.3 Å². The minimum atomic E-state index is -0.656. The van der Waals surface area contributed by atoms with Gasteiger partial charge in [0.05, 0.1) is 5.70 Å². The van der Waals surface area contributed by atoms with Gasteiger partial charge in [0.25, 0.3) is 5.91 Å². The molecule has 0 rings (SSSR count). The molecule has 0 bridgehead atoms. The van der Waals surface area contributed by atoms with Gasteiger partial charge in [0, 0.05) is 0 Å². The molecular weight excluding hydrogens is 120 g/mol. The van der Waals surface area contributed by atoms with Crippen LogP contribution in [0.2, 0.25) is 0 Å². The molecular formula is C5H10N2O2. The minimum Gasteiger partial charge on any atom is -0.394 e. The third-order valence-corrected chi connectivity index (χ3v) is 0.788. The third-order valence-electron chi connectivity index (χ3n) is 0.788. The normalized spacial score (nSPS) is 11.1. The quantitative estimate of drug-likeness (QED) is 0.274. The number of hydroxylamine groups is 1. The average Bonchev–Trinajstić information content (AvgIpc) is 1.87. The first kappa shape index (κ1) is 7.97. The summed E-state index contributed by atoms with van der Waals surface area (Å²) >= 11 is 0. The van der Waals surface area contributed by atoms with E-state index in [9.17, 15) is 4.79 Å². The molecule has 9 heavy (non-hydrogen) atoms. The van der Waals surface area contributed by atoms with E-state index < -0.39 is 5.91 Å². The maximum absolute atomic E-state index is 10.3. The monoisotopic (exact) mass is 130 g/mol. The van der Waals surface area contributed by atoms with Crippen molar-refractivity contribution in [1.29, 1.82) is 0 Å². The van der Waals surface area contributed by atoms with Crippen molar-refractivity contribution in [2.75, 3.05) is 0 Å². The van der Waals surface area contributed by atoms with E-state index >= 15 is 0 Å². The van der Waals surface area contributed by atoms with E-state index in [0.717, 1.165) is 0 Å². The first-order valence-electron chi connectivity index (χ1n) is 2.62. The first-order chi connectivity index (χ1) is 4.22. The Morgan fingerprint density at radius 2 is 2.44 bits per heavy atom. The van der Waals surface area contributed by atoms with Crippen molar-refractivity contribution in [1.82, 2.24) is 5.48 Å². The van der Waals surface area contributed by atoms with Crippen LogP contribution < -0.4 is 11.2 Å². The molecule has 0 saturated carbocycles. The molecule has 0 spiro atoms. The Kier molecular flexibility index (Phi) is 3.46. The van der Waals surface area contributed by atoms with Crippen LogP contribution in [-0.4, -0.2) is 11.1 Å². The van der Waals surface area contributed by atoms with Crippen LogP contribution in [0.1, 0.15) is 13.3 Å². The van der Waals surface area contributed by atoms with Crippen molar-refractivity contribution in [2.24, 2.45) is 5.73 Å². The van der Waals surface area contributed by atoms with Crippen LogP contribution in [0, 0.1) is 0 Å². The zero-order chi connectivity index (χ0) is 7.28. The molecule has 4 heteroatoms. The smallest absolute Gasteiger partial charge is 0.290 e. The molecule has 0 aliphatic rings. The van der Waals surface area contributed by atoms with Gasteiger partial charge in [-0.15, -0.1) is 0 Å². The molecule has 0 unspecified atom stereocenters. The molecule has 52 valence electrons. The molecule has 0 heterocycles. The van der Waals surface area contributed by atoms with E-state index in [4.69, 9.17) is 10.9 Å². The summed E-state index contributed by atoms with van der Waals surface area (Å²) in [4.78, 5) is 10.3. The summed E-state index contributed by atoms with van der Waals surface area (Å²) in [5.41, 5.74) is 6.59. The Morgan fingerprint density at radius 1 is 1.89 bits per heavy atom. The van der Waals surface area contributed by atoms with Crippen molar-refractivity contribution >= 4 is 5.91 Å². The van der Waals surface area contributed by atoms with Crippen molar-refractivity contribution in [3.8, 4) is 0 Å². The lowest BCUT2D eigenvalue weighted by Crippen LogP contribution is -2.25. The summed E-state index contributed by atoms with van der Waals surface area (Å²) < 4.78 is 0.